The summed E-state index contributed by atoms with van der Waals surface area (Å²) in [5.74, 6) is 0.505. The van der Waals surface area contributed by atoms with Gasteiger partial charge >= 0.3 is 6.09 Å². The van der Waals surface area contributed by atoms with Crippen LogP contribution < -0.4 is 4.90 Å². The molecule has 2 heterocycles. The second kappa shape index (κ2) is 10.1. The quantitative estimate of drug-likeness (QED) is 0.726. The summed E-state index contributed by atoms with van der Waals surface area (Å²) in [6, 6.07) is 1.75. The summed E-state index contributed by atoms with van der Waals surface area (Å²) in [5.41, 5.74) is 1.20. The van der Waals surface area contributed by atoms with Gasteiger partial charge in [0.1, 0.15) is 5.69 Å². The first kappa shape index (κ1) is 20.9. The van der Waals surface area contributed by atoms with E-state index in [2.05, 4.69) is 23.8 Å². The van der Waals surface area contributed by atoms with E-state index >= 15 is 0 Å². The highest BCUT2D eigenvalue weighted by Gasteiger charge is 2.25. The average Bonchev–Trinajstić information content (AvgIpc) is 2.67. The number of aryl methyl sites for hydroxylation is 1. The van der Waals surface area contributed by atoms with Gasteiger partial charge in [0.2, 0.25) is 5.95 Å². The van der Waals surface area contributed by atoms with Crippen LogP contribution in [0.4, 0.5) is 10.7 Å². The Hall–Kier alpha value is -2.38. The zero-order valence-electron chi connectivity index (χ0n) is 16.9. The maximum atomic E-state index is 12.9. The van der Waals surface area contributed by atoms with Crippen LogP contribution in [-0.4, -0.2) is 77.6 Å². The molecule has 1 fully saturated rings. The molecule has 2 rings (SSSR count). The predicted octanol–water partition coefficient (Wildman–Crippen LogP) is 2.33. The molecule has 1 aromatic rings. The fraction of sp³-hybridized carbons (Fsp3) is 0.684. The molecule has 0 N–H and O–H groups in total. The van der Waals surface area contributed by atoms with Crippen LogP contribution in [0.15, 0.2) is 6.07 Å². The molecule has 0 bridgehead atoms. The summed E-state index contributed by atoms with van der Waals surface area (Å²) >= 11 is 0. The number of aromatic nitrogens is 2. The molecular formula is C19H31N5O3. The number of amides is 2. The Morgan fingerprint density at radius 3 is 2.26 bits per heavy atom. The summed E-state index contributed by atoms with van der Waals surface area (Å²) in [5, 5.41) is 0. The largest absolute Gasteiger partial charge is 0.450 e. The smallest absolute Gasteiger partial charge is 0.409 e. The lowest BCUT2D eigenvalue weighted by Gasteiger charge is -2.34. The Kier molecular flexibility index (Phi) is 7.82. The van der Waals surface area contributed by atoms with Crippen LogP contribution in [-0.2, 0) is 4.74 Å². The fourth-order valence-corrected chi connectivity index (χ4v) is 3.12. The summed E-state index contributed by atoms with van der Waals surface area (Å²) in [7, 11) is 0. The maximum Gasteiger partial charge on any atom is 0.409 e. The van der Waals surface area contributed by atoms with E-state index in [-0.39, 0.29) is 12.0 Å². The molecule has 0 spiro atoms. The van der Waals surface area contributed by atoms with Crippen molar-refractivity contribution in [3.05, 3.63) is 17.5 Å². The van der Waals surface area contributed by atoms with Crippen molar-refractivity contribution >= 4 is 17.9 Å². The van der Waals surface area contributed by atoms with Gasteiger partial charge in [-0.25, -0.2) is 14.8 Å². The highest BCUT2D eigenvalue weighted by atomic mass is 16.6. The van der Waals surface area contributed by atoms with E-state index in [0.29, 0.717) is 44.4 Å². The van der Waals surface area contributed by atoms with Crippen molar-refractivity contribution in [2.24, 2.45) is 0 Å². The highest BCUT2D eigenvalue weighted by molar-refractivity contribution is 5.92. The zero-order chi connectivity index (χ0) is 19.8. The molecule has 1 saturated heterocycles. The fourth-order valence-electron chi connectivity index (χ4n) is 3.12. The third-order valence-corrected chi connectivity index (χ3v) is 4.42. The Balaban J connectivity index is 2.11. The van der Waals surface area contributed by atoms with Gasteiger partial charge < -0.3 is 19.4 Å². The Labute approximate surface area is 161 Å². The number of anilines is 1. The van der Waals surface area contributed by atoms with Crippen LogP contribution in [0.2, 0.25) is 0 Å². The second-order valence-corrected chi connectivity index (χ2v) is 6.66. The summed E-state index contributed by atoms with van der Waals surface area (Å²) in [4.78, 5) is 39.3. The van der Waals surface area contributed by atoms with Gasteiger partial charge in [-0.1, -0.05) is 13.8 Å². The van der Waals surface area contributed by atoms with Gasteiger partial charge in [-0.3, -0.25) is 4.79 Å². The number of nitrogens with zero attached hydrogens (tertiary/aromatic N) is 5. The first-order valence-electron chi connectivity index (χ1n) is 9.81. The van der Waals surface area contributed by atoms with Crippen LogP contribution >= 0.6 is 0 Å². The van der Waals surface area contributed by atoms with E-state index in [4.69, 9.17) is 4.74 Å². The minimum Gasteiger partial charge on any atom is -0.450 e. The third-order valence-electron chi connectivity index (χ3n) is 4.42. The van der Waals surface area contributed by atoms with E-state index < -0.39 is 0 Å². The lowest BCUT2D eigenvalue weighted by atomic mass is 10.2. The van der Waals surface area contributed by atoms with Gasteiger partial charge in [0, 0.05) is 45.0 Å². The first-order chi connectivity index (χ1) is 13.0. The van der Waals surface area contributed by atoms with Crippen LogP contribution in [0.3, 0.4) is 0 Å². The van der Waals surface area contributed by atoms with E-state index in [1.165, 1.54) is 0 Å². The van der Waals surface area contributed by atoms with Gasteiger partial charge in [0.25, 0.3) is 5.91 Å². The van der Waals surface area contributed by atoms with E-state index in [0.717, 1.165) is 31.6 Å². The number of hydrogen-bond acceptors (Lipinski definition) is 6. The van der Waals surface area contributed by atoms with Crippen molar-refractivity contribution in [3.63, 3.8) is 0 Å². The number of carbonyl (C=O) groups is 2. The molecule has 0 radical (unpaired) electrons. The molecule has 0 saturated carbocycles. The average molecular weight is 377 g/mol. The SMILES string of the molecule is CCCN(CCC)C(=O)c1cc(C)nc(N2CCN(C(=O)OCC)CC2)n1. The van der Waals surface area contributed by atoms with Crippen LogP contribution in [0.25, 0.3) is 0 Å². The second-order valence-electron chi connectivity index (χ2n) is 6.66. The molecule has 1 aromatic heterocycles. The number of carbonyl (C=O) groups excluding carboxylic acids is 2. The zero-order valence-corrected chi connectivity index (χ0v) is 16.9. The topological polar surface area (TPSA) is 78.9 Å². The maximum absolute atomic E-state index is 12.9. The molecule has 1 aliphatic rings. The molecule has 0 unspecified atom stereocenters. The van der Waals surface area contributed by atoms with Gasteiger partial charge in [0.15, 0.2) is 0 Å². The van der Waals surface area contributed by atoms with Crippen molar-refractivity contribution in [2.45, 2.75) is 40.5 Å². The molecule has 2 amide bonds. The molecule has 0 aliphatic carbocycles. The van der Waals surface area contributed by atoms with Crippen molar-refractivity contribution in [3.8, 4) is 0 Å². The molecule has 0 atom stereocenters. The molecular weight excluding hydrogens is 346 g/mol. The molecule has 8 nitrogen and oxygen atoms in total. The summed E-state index contributed by atoms with van der Waals surface area (Å²) in [6.07, 6.45) is 1.55. The Morgan fingerprint density at radius 1 is 1.07 bits per heavy atom. The molecule has 27 heavy (non-hydrogen) atoms. The normalized spacial score (nSPS) is 14.2. The van der Waals surface area contributed by atoms with Crippen LogP contribution in [0, 0.1) is 6.92 Å². The minimum atomic E-state index is -0.284. The van der Waals surface area contributed by atoms with Crippen molar-refractivity contribution < 1.29 is 14.3 Å². The number of piperazine rings is 1. The summed E-state index contributed by atoms with van der Waals surface area (Å²) < 4.78 is 5.05. The monoisotopic (exact) mass is 377 g/mol. The van der Waals surface area contributed by atoms with Crippen LogP contribution in [0.5, 0.6) is 0 Å². The van der Waals surface area contributed by atoms with Crippen molar-refractivity contribution in [2.75, 3.05) is 50.8 Å². The van der Waals surface area contributed by atoms with E-state index in [1.807, 2.05) is 16.7 Å². The molecule has 8 heteroatoms. The summed E-state index contributed by atoms with van der Waals surface area (Å²) in [6.45, 7) is 12.0. The Bertz CT molecular complexity index is 638. The lowest BCUT2D eigenvalue weighted by Crippen LogP contribution is -2.49. The van der Waals surface area contributed by atoms with E-state index in [1.54, 1.807) is 17.9 Å². The Morgan fingerprint density at radius 2 is 1.70 bits per heavy atom. The van der Waals surface area contributed by atoms with Gasteiger partial charge in [-0.15, -0.1) is 0 Å². The standard InChI is InChI=1S/C19H31N5O3/c1-5-8-22(9-6-2)17(25)16-14-15(4)20-18(21-16)23-10-12-24(13-11-23)19(26)27-7-3/h14H,5-13H2,1-4H3. The molecule has 0 aromatic carbocycles. The number of ether oxygens (including phenoxy) is 1. The van der Waals surface area contributed by atoms with Crippen LogP contribution in [0.1, 0.15) is 49.8 Å². The van der Waals surface area contributed by atoms with E-state index in [9.17, 15) is 9.59 Å². The van der Waals surface area contributed by atoms with Crippen molar-refractivity contribution in [1.82, 2.24) is 19.8 Å². The number of hydrogen-bond donors (Lipinski definition) is 0. The number of rotatable bonds is 7. The van der Waals surface area contributed by atoms with Gasteiger partial charge in [0.05, 0.1) is 6.61 Å². The molecule has 150 valence electrons. The third kappa shape index (κ3) is 5.55. The predicted molar refractivity (Wildman–Crippen MR) is 104 cm³/mol. The minimum absolute atomic E-state index is 0.0457. The first-order valence-corrected chi connectivity index (χ1v) is 9.81. The lowest BCUT2D eigenvalue weighted by molar-refractivity contribution is 0.0749. The molecule has 1 aliphatic heterocycles. The highest BCUT2D eigenvalue weighted by Crippen LogP contribution is 2.15. The van der Waals surface area contributed by atoms with Gasteiger partial charge in [-0.2, -0.15) is 0 Å². The van der Waals surface area contributed by atoms with Crippen molar-refractivity contribution in [1.29, 1.82) is 0 Å². The van der Waals surface area contributed by atoms with Gasteiger partial charge in [-0.05, 0) is 32.8 Å².